The summed E-state index contributed by atoms with van der Waals surface area (Å²) in [5.41, 5.74) is 4.72. The van der Waals surface area contributed by atoms with Crippen LogP contribution < -0.4 is 19.7 Å². The SMILES string of the molecule is CCOC(=O)C(/C=C/c1ccc2ccccc2[n+]1C)=C(C)\C=C1\CC=c2ccccc2=[N+]1C. The fourth-order valence-corrected chi connectivity index (χ4v) is 4.22. The molecule has 33 heavy (non-hydrogen) atoms. The van der Waals surface area contributed by atoms with Crippen molar-refractivity contribution in [1.29, 1.82) is 0 Å². The van der Waals surface area contributed by atoms with E-state index in [-0.39, 0.29) is 5.97 Å². The summed E-state index contributed by atoms with van der Waals surface area (Å²) in [6, 6.07) is 20.8. The summed E-state index contributed by atoms with van der Waals surface area (Å²) in [4.78, 5) is 12.8. The number of aryl methyl sites for hydroxylation is 1. The lowest BCUT2D eigenvalue weighted by molar-refractivity contribution is -0.646. The van der Waals surface area contributed by atoms with E-state index in [1.54, 1.807) is 0 Å². The van der Waals surface area contributed by atoms with Gasteiger partial charge in [0, 0.05) is 41.0 Å². The Morgan fingerprint density at radius 3 is 2.61 bits per heavy atom. The molecule has 4 nitrogen and oxygen atoms in total. The number of para-hydroxylation sites is 2. The zero-order chi connectivity index (χ0) is 23.4. The van der Waals surface area contributed by atoms with Gasteiger partial charge in [-0.1, -0.05) is 30.3 Å². The fraction of sp³-hybridized carbons (Fsp3) is 0.207. The number of pyridine rings is 1. The third-order valence-corrected chi connectivity index (χ3v) is 6.10. The Balaban J connectivity index is 1.76. The number of ether oxygens (including phenoxy) is 1. The second kappa shape index (κ2) is 9.78. The smallest absolute Gasteiger partial charge is 0.338 e. The largest absolute Gasteiger partial charge is 0.462 e. The van der Waals surface area contributed by atoms with Crippen molar-refractivity contribution >= 4 is 29.0 Å². The fourth-order valence-electron chi connectivity index (χ4n) is 4.22. The quantitative estimate of drug-likeness (QED) is 0.265. The standard InChI is InChI=1S/C29H30N2O2/c1-5-33-29(32)26(19-18-24-16-14-22-10-6-8-12-27(22)30(24)3)21(2)20-25-17-15-23-11-7-9-13-28(23)31(25)4/h6-16,18-20H,5,17H2,1-4H3/q+2/b19-18+,25-20-,26-21-. The number of rotatable bonds is 5. The van der Waals surface area contributed by atoms with Crippen LogP contribution in [0, 0.1) is 0 Å². The maximum atomic E-state index is 12.8. The van der Waals surface area contributed by atoms with Crippen molar-refractivity contribution in [3.8, 4) is 0 Å². The first kappa shape index (κ1) is 22.4. The normalized spacial score (nSPS) is 15.4. The summed E-state index contributed by atoms with van der Waals surface area (Å²) in [7, 11) is 4.11. The van der Waals surface area contributed by atoms with Gasteiger partial charge >= 0.3 is 5.97 Å². The van der Waals surface area contributed by atoms with Gasteiger partial charge in [-0.05, 0) is 43.7 Å². The number of aromatic nitrogens is 1. The summed E-state index contributed by atoms with van der Waals surface area (Å²) in [5.74, 6) is -0.311. The molecule has 0 amide bonds. The van der Waals surface area contributed by atoms with E-state index in [1.807, 2.05) is 51.2 Å². The highest BCUT2D eigenvalue weighted by Crippen LogP contribution is 2.17. The number of hydrogen-bond donors (Lipinski definition) is 0. The van der Waals surface area contributed by atoms with Gasteiger partial charge in [0.05, 0.1) is 18.6 Å². The topological polar surface area (TPSA) is 33.2 Å². The van der Waals surface area contributed by atoms with Gasteiger partial charge in [-0.3, -0.25) is 0 Å². The Morgan fingerprint density at radius 2 is 1.79 bits per heavy atom. The Morgan fingerprint density at radius 1 is 1.03 bits per heavy atom. The van der Waals surface area contributed by atoms with Crippen molar-refractivity contribution in [3.63, 3.8) is 0 Å². The molecular formula is C29H30N2O2+2. The molecule has 1 aliphatic heterocycles. The first-order valence-electron chi connectivity index (χ1n) is 11.3. The number of fused-ring (bicyclic) bond motifs is 2. The van der Waals surface area contributed by atoms with Crippen LogP contribution in [0.1, 0.15) is 26.0 Å². The second-order valence-corrected chi connectivity index (χ2v) is 8.19. The van der Waals surface area contributed by atoms with Gasteiger partial charge in [0.1, 0.15) is 14.1 Å². The number of hydrogen-bond acceptors (Lipinski definition) is 2. The van der Waals surface area contributed by atoms with Crippen molar-refractivity contribution in [3.05, 3.63) is 106 Å². The Hall–Kier alpha value is -3.79. The zero-order valence-corrected chi connectivity index (χ0v) is 19.7. The molecule has 4 heteroatoms. The van der Waals surface area contributed by atoms with Crippen molar-refractivity contribution in [2.45, 2.75) is 20.3 Å². The molecule has 4 rings (SSSR count). The molecule has 0 bridgehead atoms. The van der Waals surface area contributed by atoms with Crippen LogP contribution in [0.25, 0.3) is 23.1 Å². The highest BCUT2D eigenvalue weighted by molar-refractivity contribution is 5.94. The van der Waals surface area contributed by atoms with Crippen LogP contribution >= 0.6 is 0 Å². The third kappa shape index (κ3) is 4.70. The highest BCUT2D eigenvalue weighted by Gasteiger charge is 2.17. The monoisotopic (exact) mass is 438 g/mol. The molecule has 3 aromatic rings. The van der Waals surface area contributed by atoms with Gasteiger partial charge in [0.2, 0.25) is 16.6 Å². The van der Waals surface area contributed by atoms with Crippen molar-refractivity contribution < 1.29 is 14.1 Å². The van der Waals surface area contributed by atoms with E-state index in [4.69, 9.17) is 4.74 Å². The Kier molecular flexibility index (Phi) is 6.64. The predicted molar refractivity (Wildman–Crippen MR) is 134 cm³/mol. The minimum Gasteiger partial charge on any atom is -0.462 e. The third-order valence-electron chi connectivity index (χ3n) is 6.10. The predicted octanol–water partition coefficient (Wildman–Crippen LogP) is 3.45. The van der Waals surface area contributed by atoms with Crippen LogP contribution in [0.15, 0.2) is 89.7 Å². The molecular weight excluding hydrogens is 408 g/mol. The van der Waals surface area contributed by atoms with Gasteiger partial charge < -0.3 is 4.74 Å². The maximum Gasteiger partial charge on any atom is 0.338 e. The molecule has 2 aromatic carbocycles. The maximum absolute atomic E-state index is 12.8. The molecule has 166 valence electrons. The van der Waals surface area contributed by atoms with Gasteiger partial charge in [-0.2, -0.15) is 9.14 Å². The first-order valence-corrected chi connectivity index (χ1v) is 11.3. The van der Waals surface area contributed by atoms with Crippen LogP contribution in [0.5, 0.6) is 0 Å². The molecule has 0 N–H and O–H groups in total. The van der Waals surface area contributed by atoms with Gasteiger partial charge in [0.15, 0.2) is 5.70 Å². The Bertz CT molecular complexity index is 1440. The highest BCUT2D eigenvalue weighted by atomic mass is 16.5. The first-order chi connectivity index (χ1) is 16.0. The molecule has 0 atom stereocenters. The van der Waals surface area contributed by atoms with Crippen LogP contribution in [0.2, 0.25) is 0 Å². The molecule has 0 spiro atoms. The molecule has 0 saturated heterocycles. The summed E-state index contributed by atoms with van der Waals surface area (Å²) >= 11 is 0. The number of carbonyl (C=O) groups is 1. The number of nitrogens with zero attached hydrogens (tertiary/aromatic N) is 2. The number of benzene rings is 2. The number of carbonyl (C=O) groups excluding carboxylic acids is 1. The van der Waals surface area contributed by atoms with Crippen LogP contribution in [0.4, 0.5) is 0 Å². The summed E-state index contributed by atoms with van der Waals surface area (Å²) in [6.45, 7) is 4.14. The molecule has 0 unspecified atom stereocenters. The van der Waals surface area contributed by atoms with Gasteiger partial charge in [-0.25, -0.2) is 4.79 Å². The molecule has 2 heterocycles. The average Bonchev–Trinajstić information content (AvgIpc) is 2.83. The summed E-state index contributed by atoms with van der Waals surface area (Å²) < 4.78 is 9.70. The van der Waals surface area contributed by atoms with Crippen LogP contribution in [0.3, 0.4) is 0 Å². The molecule has 1 aromatic heterocycles. The van der Waals surface area contributed by atoms with E-state index >= 15 is 0 Å². The van der Waals surface area contributed by atoms with E-state index in [0.717, 1.165) is 28.9 Å². The lowest BCUT2D eigenvalue weighted by atomic mass is 10.0. The van der Waals surface area contributed by atoms with E-state index in [2.05, 4.69) is 70.8 Å². The lowest BCUT2D eigenvalue weighted by Crippen LogP contribution is -2.40. The minimum absolute atomic E-state index is 0.311. The Labute approximate surface area is 194 Å². The molecule has 0 saturated carbocycles. The van der Waals surface area contributed by atoms with Gasteiger partial charge in [0.25, 0.3) is 0 Å². The van der Waals surface area contributed by atoms with Gasteiger partial charge in [-0.15, -0.1) is 0 Å². The van der Waals surface area contributed by atoms with E-state index < -0.39 is 0 Å². The van der Waals surface area contributed by atoms with E-state index in [0.29, 0.717) is 12.2 Å². The van der Waals surface area contributed by atoms with Crippen molar-refractivity contribution in [2.75, 3.05) is 13.7 Å². The molecule has 0 radical (unpaired) electrons. The van der Waals surface area contributed by atoms with Crippen LogP contribution in [-0.4, -0.2) is 19.6 Å². The van der Waals surface area contributed by atoms with Crippen molar-refractivity contribution in [2.24, 2.45) is 7.05 Å². The lowest BCUT2D eigenvalue weighted by Gasteiger charge is -2.08. The summed E-state index contributed by atoms with van der Waals surface area (Å²) in [5, 5.41) is 3.57. The van der Waals surface area contributed by atoms with Crippen LogP contribution in [-0.2, 0) is 16.6 Å². The zero-order valence-electron chi connectivity index (χ0n) is 19.7. The summed E-state index contributed by atoms with van der Waals surface area (Å²) in [6.07, 6.45) is 8.97. The van der Waals surface area contributed by atoms with E-state index in [1.165, 1.54) is 16.0 Å². The minimum atomic E-state index is -0.311. The number of allylic oxidation sites excluding steroid dienone is 3. The molecule has 1 aliphatic rings. The molecule has 0 fully saturated rings. The second-order valence-electron chi connectivity index (χ2n) is 8.19. The molecule has 0 aliphatic carbocycles. The van der Waals surface area contributed by atoms with E-state index in [9.17, 15) is 4.79 Å². The average molecular weight is 439 g/mol. The van der Waals surface area contributed by atoms with Crippen molar-refractivity contribution in [1.82, 2.24) is 4.58 Å². The number of esters is 1.